The number of piperidine rings is 1. The lowest BCUT2D eigenvalue weighted by Crippen LogP contribution is -2.43. The van der Waals surface area contributed by atoms with Crippen LogP contribution in [-0.2, 0) is 27.5 Å². The lowest BCUT2D eigenvalue weighted by Gasteiger charge is -2.32. The molecule has 2 N–H and O–H groups in total. The van der Waals surface area contributed by atoms with Crippen LogP contribution in [0, 0.1) is 0 Å². The number of alkyl halides is 3. The first-order valence-corrected chi connectivity index (χ1v) is 12.0. The number of benzene rings is 2. The molecule has 0 unspecified atom stereocenters. The highest BCUT2D eigenvalue weighted by molar-refractivity contribution is 7.89. The van der Waals surface area contributed by atoms with Crippen molar-refractivity contribution in [2.45, 2.75) is 36.5 Å². The summed E-state index contributed by atoms with van der Waals surface area (Å²) < 4.78 is 64.4. The topological polar surface area (TPSA) is 78.5 Å². The van der Waals surface area contributed by atoms with E-state index in [0.29, 0.717) is 43.6 Å². The van der Waals surface area contributed by atoms with E-state index in [0.717, 1.165) is 6.07 Å². The van der Waals surface area contributed by atoms with Crippen molar-refractivity contribution < 1.29 is 26.4 Å². The molecule has 0 saturated carbocycles. The van der Waals surface area contributed by atoms with Gasteiger partial charge in [-0.2, -0.15) is 13.2 Å². The molecular formula is C23H26F3N3O3S. The zero-order chi connectivity index (χ0) is 24.1. The van der Waals surface area contributed by atoms with E-state index in [1.54, 1.807) is 24.3 Å². The number of rotatable bonds is 7. The number of likely N-dealkylation sites (tertiary alicyclic amines) is 1. The number of carbonyl (C=O) groups is 1. The summed E-state index contributed by atoms with van der Waals surface area (Å²) in [5.74, 6) is -0.252. The summed E-state index contributed by atoms with van der Waals surface area (Å²) in [6.07, 6.45) is 0.0575. The first-order valence-electron chi connectivity index (χ1n) is 10.5. The molecule has 0 bridgehead atoms. The van der Waals surface area contributed by atoms with Crippen molar-refractivity contribution in [2.75, 3.05) is 20.1 Å². The van der Waals surface area contributed by atoms with Crippen molar-refractivity contribution in [1.29, 1.82) is 0 Å². The van der Waals surface area contributed by atoms with Crippen molar-refractivity contribution >= 4 is 22.0 Å². The zero-order valence-electron chi connectivity index (χ0n) is 18.1. The van der Waals surface area contributed by atoms with Gasteiger partial charge in [-0.25, -0.2) is 13.1 Å². The minimum absolute atomic E-state index is 0.0111. The van der Waals surface area contributed by atoms with E-state index in [2.05, 4.69) is 14.9 Å². The van der Waals surface area contributed by atoms with Gasteiger partial charge in [0.05, 0.1) is 10.5 Å². The predicted molar refractivity (Wildman–Crippen MR) is 120 cm³/mol. The largest absolute Gasteiger partial charge is 0.416 e. The minimum atomic E-state index is -4.35. The van der Waals surface area contributed by atoms with Gasteiger partial charge in [-0.1, -0.05) is 30.3 Å². The van der Waals surface area contributed by atoms with Gasteiger partial charge in [0.15, 0.2) is 0 Å². The monoisotopic (exact) mass is 481 g/mol. The second-order valence-electron chi connectivity index (χ2n) is 7.87. The number of hydrogen-bond acceptors (Lipinski definition) is 4. The number of carbonyl (C=O) groups excluding carboxylic acids is 1. The van der Waals surface area contributed by atoms with Crippen LogP contribution in [0.15, 0.2) is 59.5 Å². The molecule has 10 heteroatoms. The molecule has 3 rings (SSSR count). The third kappa shape index (κ3) is 7.15. The molecule has 2 aromatic rings. The lowest BCUT2D eigenvalue weighted by molar-refractivity contribution is -0.137. The standard InChI is InChI=1S/C23H26F3N3O3S/c1-27-33(31,32)21-8-5-17(6-9-21)7-10-22(30)28-20-11-13-29(14-12-20)16-18-3-2-4-19(15-18)23(24,25)26/h2-10,15,20,27H,11-14,16H2,1H3,(H,28,30). The van der Waals surface area contributed by atoms with Crippen molar-refractivity contribution in [3.05, 3.63) is 71.3 Å². The Morgan fingerprint density at radius 3 is 2.39 bits per heavy atom. The quantitative estimate of drug-likeness (QED) is 0.595. The molecule has 0 atom stereocenters. The van der Waals surface area contributed by atoms with Crippen molar-refractivity contribution in [2.24, 2.45) is 0 Å². The van der Waals surface area contributed by atoms with Gasteiger partial charge < -0.3 is 5.32 Å². The normalized spacial score (nSPS) is 16.2. The van der Waals surface area contributed by atoms with Gasteiger partial charge >= 0.3 is 6.18 Å². The molecule has 1 fully saturated rings. The zero-order valence-corrected chi connectivity index (χ0v) is 18.9. The van der Waals surface area contributed by atoms with Gasteiger partial charge in [-0.3, -0.25) is 9.69 Å². The first-order chi connectivity index (χ1) is 15.6. The van der Waals surface area contributed by atoms with Crippen LogP contribution >= 0.6 is 0 Å². The predicted octanol–water partition coefficient (Wildman–Crippen LogP) is 3.41. The average molecular weight is 482 g/mol. The molecule has 0 aliphatic carbocycles. The molecule has 0 radical (unpaired) electrons. The van der Waals surface area contributed by atoms with Crippen LogP contribution < -0.4 is 10.0 Å². The van der Waals surface area contributed by atoms with Gasteiger partial charge in [0.2, 0.25) is 15.9 Å². The minimum Gasteiger partial charge on any atom is -0.350 e. The van der Waals surface area contributed by atoms with E-state index < -0.39 is 21.8 Å². The molecule has 0 aromatic heterocycles. The van der Waals surface area contributed by atoms with E-state index in [1.165, 1.54) is 37.4 Å². The molecular weight excluding hydrogens is 455 g/mol. The highest BCUT2D eigenvalue weighted by Gasteiger charge is 2.30. The molecule has 1 aliphatic heterocycles. The Balaban J connectivity index is 1.46. The van der Waals surface area contributed by atoms with Gasteiger partial charge in [0.25, 0.3) is 0 Å². The number of nitrogens with zero attached hydrogens (tertiary/aromatic N) is 1. The van der Waals surface area contributed by atoms with E-state index in [4.69, 9.17) is 0 Å². The van der Waals surface area contributed by atoms with Crippen LogP contribution in [0.1, 0.15) is 29.5 Å². The fourth-order valence-corrected chi connectivity index (χ4v) is 4.37. The summed E-state index contributed by atoms with van der Waals surface area (Å²) in [7, 11) is -2.17. The maximum absolute atomic E-state index is 12.9. The molecule has 178 valence electrons. The Morgan fingerprint density at radius 2 is 1.79 bits per heavy atom. The van der Waals surface area contributed by atoms with Crippen LogP contribution in [0.4, 0.5) is 13.2 Å². The van der Waals surface area contributed by atoms with Crippen LogP contribution in [0.5, 0.6) is 0 Å². The maximum Gasteiger partial charge on any atom is 0.416 e. The molecule has 1 heterocycles. The summed E-state index contributed by atoms with van der Waals surface area (Å²) in [5, 5.41) is 2.94. The third-order valence-electron chi connectivity index (χ3n) is 5.48. The van der Waals surface area contributed by atoms with Gasteiger partial charge in [0, 0.05) is 31.8 Å². The molecule has 1 saturated heterocycles. The van der Waals surface area contributed by atoms with Gasteiger partial charge in [-0.15, -0.1) is 0 Å². The van der Waals surface area contributed by atoms with E-state index in [9.17, 15) is 26.4 Å². The summed E-state index contributed by atoms with van der Waals surface area (Å²) in [5.41, 5.74) is 0.659. The summed E-state index contributed by atoms with van der Waals surface area (Å²) in [4.78, 5) is 14.5. The van der Waals surface area contributed by atoms with Crippen LogP contribution in [0.3, 0.4) is 0 Å². The second kappa shape index (κ2) is 10.5. The summed E-state index contributed by atoms with van der Waals surface area (Å²) in [6, 6.07) is 11.5. The van der Waals surface area contributed by atoms with E-state index in [1.807, 2.05) is 0 Å². The maximum atomic E-state index is 12.9. The molecule has 33 heavy (non-hydrogen) atoms. The van der Waals surface area contributed by atoms with Crippen molar-refractivity contribution in [1.82, 2.24) is 14.9 Å². The highest BCUT2D eigenvalue weighted by Crippen LogP contribution is 2.30. The van der Waals surface area contributed by atoms with Crippen LogP contribution in [0.2, 0.25) is 0 Å². The number of halogens is 3. The van der Waals surface area contributed by atoms with E-state index in [-0.39, 0.29) is 16.8 Å². The molecule has 2 aromatic carbocycles. The number of amides is 1. The Morgan fingerprint density at radius 1 is 1.12 bits per heavy atom. The Kier molecular flexibility index (Phi) is 7.93. The average Bonchev–Trinajstić information content (AvgIpc) is 2.79. The van der Waals surface area contributed by atoms with Gasteiger partial charge in [-0.05, 0) is 55.3 Å². The van der Waals surface area contributed by atoms with E-state index >= 15 is 0 Å². The Labute approximate surface area is 191 Å². The Bertz CT molecular complexity index is 1090. The molecule has 0 spiro atoms. The fourth-order valence-electron chi connectivity index (χ4n) is 3.64. The fraction of sp³-hybridized carbons (Fsp3) is 0.348. The molecule has 6 nitrogen and oxygen atoms in total. The second-order valence-corrected chi connectivity index (χ2v) is 9.75. The summed E-state index contributed by atoms with van der Waals surface area (Å²) in [6.45, 7) is 1.78. The molecule has 1 aliphatic rings. The van der Waals surface area contributed by atoms with Crippen molar-refractivity contribution in [3.8, 4) is 0 Å². The van der Waals surface area contributed by atoms with Crippen LogP contribution in [0.25, 0.3) is 6.08 Å². The Hall–Kier alpha value is -2.69. The number of nitrogens with one attached hydrogen (secondary N) is 2. The molecule has 1 amide bonds. The smallest absolute Gasteiger partial charge is 0.350 e. The van der Waals surface area contributed by atoms with Crippen molar-refractivity contribution in [3.63, 3.8) is 0 Å². The number of sulfonamides is 1. The SMILES string of the molecule is CNS(=O)(=O)c1ccc(C=CC(=O)NC2CCN(Cc3cccc(C(F)(F)F)c3)CC2)cc1. The van der Waals surface area contributed by atoms with Crippen LogP contribution in [-0.4, -0.2) is 45.4 Å². The first kappa shape index (κ1) is 24.9. The number of hydrogen-bond donors (Lipinski definition) is 2. The summed E-state index contributed by atoms with van der Waals surface area (Å²) >= 11 is 0. The van der Waals surface area contributed by atoms with Gasteiger partial charge in [0.1, 0.15) is 0 Å². The highest BCUT2D eigenvalue weighted by atomic mass is 32.2. The lowest BCUT2D eigenvalue weighted by atomic mass is 10.0. The third-order valence-corrected chi connectivity index (χ3v) is 6.91.